The lowest BCUT2D eigenvalue weighted by molar-refractivity contribution is -0.189. The van der Waals surface area contributed by atoms with Gasteiger partial charge in [-0.15, -0.1) is 11.3 Å². The number of esters is 1. The van der Waals surface area contributed by atoms with Crippen molar-refractivity contribution in [2.75, 3.05) is 54.0 Å². The zero-order valence-corrected chi connectivity index (χ0v) is 45.6. The molecule has 4 aliphatic heterocycles. The zero-order valence-electron chi connectivity index (χ0n) is 44.8. The number of nitrogens with zero attached hydrogens (tertiary/aromatic N) is 7. The maximum absolute atomic E-state index is 14.8. The lowest BCUT2D eigenvalue weighted by Gasteiger charge is -2.40. The number of hydrazine groups is 1. The molecule has 17 nitrogen and oxygen atoms in total. The van der Waals surface area contributed by atoms with Gasteiger partial charge >= 0.3 is 5.97 Å². The van der Waals surface area contributed by atoms with Gasteiger partial charge in [0.15, 0.2) is 0 Å². The number of carbonyl (C=O) groups excluding carboxylic acids is 5. The third-order valence-corrected chi connectivity index (χ3v) is 16.0. The van der Waals surface area contributed by atoms with Crippen molar-refractivity contribution >= 4 is 63.6 Å². The van der Waals surface area contributed by atoms with Crippen molar-refractivity contribution in [1.82, 2.24) is 40.0 Å². The Morgan fingerprint density at radius 3 is 2.53 bits per heavy atom. The number of methoxy groups -OCH3 is 1. The van der Waals surface area contributed by atoms with Gasteiger partial charge in [-0.1, -0.05) is 52.3 Å². The van der Waals surface area contributed by atoms with E-state index in [-0.39, 0.29) is 62.8 Å². The van der Waals surface area contributed by atoms with Crippen molar-refractivity contribution in [3.05, 3.63) is 58.2 Å². The topological polar surface area (TPSA) is 191 Å². The molecule has 0 aliphatic carbocycles. The summed E-state index contributed by atoms with van der Waals surface area (Å²) in [5.74, 6) is 2.90. The molecule has 3 aromatic rings. The molecule has 1 spiro atoms. The van der Waals surface area contributed by atoms with E-state index < -0.39 is 52.0 Å². The van der Waals surface area contributed by atoms with Crippen LogP contribution in [0.25, 0.3) is 27.7 Å². The zero-order chi connectivity index (χ0) is 53.4. The molecule has 2 aromatic heterocycles. The Morgan fingerprint density at radius 1 is 1.15 bits per heavy atom. The fourth-order valence-corrected chi connectivity index (χ4v) is 11.4. The number of hydrogen-bond acceptors (Lipinski definition) is 13. The molecule has 6 heterocycles. The summed E-state index contributed by atoms with van der Waals surface area (Å²) in [7, 11) is 5.44. The minimum atomic E-state index is -2.25. The van der Waals surface area contributed by atoms with Crippen LogP contribution in [-0.4, -0.2) is 154 Å². The molecule has 0 unspecified atom stereocenters. The summed E-state index contributed by atoms with van der Waals surface area (Å²) in [4.78, 5) is 86.6. The second kappa shape index (κ2) is 21.6. The molecule has 3 saturated heterocycles. The highest BCUT2D eigenvalue weighted by Crippen LogP contribution is 2.43. The first kappa shape index (κ1) is 55.0. The SMILES string of the molecule is C=C/C(=C(\N=C/C)[C@H](C)OC)c1c2c3cc(ccc3n1CC)-c1csc(n1)C[C@H](NC(=O)[C@H](C(C)C)N1CC[C@]3(CCN(C(=O)C#CC(C)(C)N(C)C)C3)C1=O)C(=O)N1CCC[C@@](O)(N1)C(=O)OCC(C)(C)C2. The van der Waals surface area contributed by atoms with Crippen LogP contribution < -0.4 is 10.7 Å². The summed E-state index contributed by atoms with van der Waals surface area (Å²) >= 11 is 1.35. The number of nitrogens with one attached hydrogen (secondary N) is 2. The smallest absolute Gasteiger partial charge is 0.355 e. The van der Waals surface area contributed by atoms with Crippen LogP contribution in [0.5, 0.6) is 0 Å². The van der Waals surface area contributed by atoms with E-state index in [0.29, 0.717) is 55.3 Å². The lowest BCUT2D eigenvalue weighted by Crippen LogP contribution is -2.67. The number of thiazole rings is 1. The van der Waals surface area contributed by atoms with Gasteiger partial charge in [-0.3, -0.25) is 34.1 Å². The van der Waals surface area contributed by atoms with Crippen molar-refractivity contribution in [3.63, 3.8) is 0 Å². The Balaban J connectivity index is 1.25. The first-order valence-electron chi connectivity index (χ1n) is 25.5. The van der Waals surface area contributed by atoms with E-state index in [4.69, 9.17) is 19.5 Å². The maximum Gasteiger partial charge on any atom is 0.355 e. The molecule has 394 valence electrons. The minimum absolute atomic E-state index is 0.0222. The fraction of sp³-hybridized carbons (Fsp3) is 0.582. The standard InChI is InChI=1S/C55H75N9O8S/c1-14-37(45(56-15-2)35(6)71-13)47-39-30-52(7,8)33-72-51(69)55(70)21-17-25-64(59-55)49(67)40(29-43-57-41(31-73-43)36-18-19-42(38(39)28-36)62(47)16-3)58-48(66)46(34(4)5)63-27-24-54(50(63)68)23-26-61(32-54)44(65)20-22-53(9,10)60(11)12/h14-15,18-19,28,31,34-35,40,46,59,70H,1,16-17,21,23-27,29-30,32-33H2,2-13H3,(H,58,66)/b45-37+,56-15-/t35-,40-,46-,54-,55-/m0/s1. The summed E-state index contributed by atoms with van der Waals surface area (Å²) in [5.41, 5.74) is 4.42. The number of benzene rings is 1. The predicted molar refractivity (Wildman–Crippen MR) is 284 cm³/mol. The van der Waals surface area contributed by atoms with Gasteiger partial charge in [-0.25, -0.2) is 9.78 Å². The van der Waals surface area contributed by atoms with Crippen molar-refractivity contribution in [2.45, 2.75) is 137 Å². The van der Waals surface area contributed by atoms with E-state index in [1.807, 2.05) is 91.9 Å². The van der Waals surface area contributed by atoms with Crippen molar-refractivity contribution < 1.29 is 38.6 Å². The van der Waals surface area contributed by atoms with Gasteiger partial charge < -0.3 is 34.3 Å². The summed E-state index contributed by atoms with van der Waals surface area (Å²) in [5, 5.41) is 19.6. The molecule has 4 aliphatic rings. The molecule has 3 N–H and O–H groups in total. The van der Waals surface area contributed by atoms with Crippen molar-refractivity contribution in [1.29, 1.82) is 0 Å². The molecule has 73 heavy (non-hydrogen) atoms. The Labute approximate surface area is 434 Å². The number of aromatic nitrogens is 2. The van der Waals surface area contributed by atoms with Crippen LogP contribution in [0, 0.1) is 28.6 Å². The van der Waals surface area contributed by atoms with Crippen LogP contribution in [0.3, 0.4) is 0 Å². The van der Waals surface area contributed by atoms with Crippen LogP contribution >= 0.6 is 11.3 Å². The maximum atomic E-state index is 14.8. The van der Waals surface area contributed by atoms with Crippen LogP contribution in [-0.2, 0) is 52.8 Å². The lowest BCUT2D eigenvalue weighted by atomic mass is 9.84. The van der Waals surface area contributed by atoms with Crippen LogP contribution in [0.1, 0.15) is 104 Å². The minimum Gasteiger partial charge on any atom is -0.462 e. The molecular weight excluding hydrogens is 947 g/mol. The summed E-state index contributed by atoms with van der Waals surface area (Å²) in [6.07, 6.45) is 4.77. The van der Waals surface area contributed by atoms with Gasteiger partial charge in [0.05, 0.1) is 45.8 Å². The van der Waals surface area contributed by atoms with Crippen LogP contribution in [0.4, 0.5) is 0 Å². The Kier molecular flexibility index (Phi) is 16.3. The van der Waals surface area contributed by atoms with Gasteiger partial charge in [0.1, 0.15) is 12.1 Å². The highest BCUT2D eigenvalue weighted by molar-refractivity contribution is 7.10. The average Bonchev–Trinajstić information content (AvgIpc) is 4.14. The monoisotopic (exact) mass is 1020 g/mol. The first-order valence-corrected chi connectivity index (χ1v) is 26.4. The second-order valence-electron chi connectivity index (χ2n) is 21.8. The third kappa shape index (κ3) is 11.1. The molecule has 7 rings (SSSR count). The average molecular weight is 1020 g/mol. The number of rotatable bonds is 11. The fourth-order valence-electron chi connectivity index (χ4n) is 10.5. The number of hydrogen-bond donors (Lipinski definition) is 3. The molecule has 0 radical (unpaired) electrons. The van der Waals surface area contributed by atoms with Crippen LogP contribution in [0.15, 0.2) is 46.9 Å². The highest BCUT2D eigenvalue weighted by Gasteiger charge is 2.54. The second-order valence-corrected chi connectivity index (χ2v) is 22.8. The Bertz CT molecular complexity index is 2780. The van der Waals surface area contributed by atoms with Gasteiger partial charge in [0.2, 0.25) is 17.5 Å². The number of aryl methyl sites for hydroxylation is 1. The quantitative estimate of drug-likeness (QED) is 0.0939. The predicted octanol–water partition coefficient (Wildman–Crippen LogP) is 5.60. The molecule has 5 atom stereocenters. The number of allylic oxidation sites excluding steroid dienone is 2. The Hall–Kier alpha value is -5.71. The Morgan fingerprint density at radius 2 is 1.88 bits per heavy atom. The number of carbonyl (C=O) groups is 5. The number of aliphatic imine (C=N–C) groups is 1. The molecule has 3 fully saturated rings. The van der Waals surface area contributed by atoms with E-state index in [1.165, 1.54) is 16.3 Å². The van der Waals surface area contributed by atoms with Gasteiger partial charge in [0.25, 0.3) is 11.8 Å². The van der Waals surface area contributed by atoms with E-state index in [9.17, 15) is 29.1 Å². The molecule has 4 amide bonds. The number of ether oxygens (including phenoxy) is 2. The van der Waals surface area contributed by atoms with Gasteiger partial charge in [-0.05, 0) is 104 Å². The molecular formula is C55H75N9O8S. The van der Waals surface area contributed by atoms with E-state index >= 15 is 0 Å². The number of amides is 4. The number of aliphatic hydroxyl groups is 1. The summed E-state index contributed by atoms with van der Waals surface area (Å²) < 4.78 is 14.1. The first-order chi connectivity index (χ1) is 34.4. The molecule has 1 aromatic carbocycles. The number of likely N-dealkylation sites (tertiary alicyclic amines) is 2. The van der Waals surface area contributed by atoms with E-state index in [2.05, 4.69) is 52.8 Å². The van der Waals surface area contributed by atoms with Gasteiger partial charge in [-0.2, -0.15) is 5.43 Å². The van der Waals surface area contributed by atoms with Crippen LogP contribution in [0.2, 0.25) is 0 Å². The largest absolute Gasteiger partial charge is 0.462 e. The normalized spacial score (nSPS) is 24.0. The van der Waals surface area contributed by atoms with E-state index in [0.717, 1.165) is 33.3 Å². The molecule has 6 bridgehead atoms. The number of fused-ring (bicyclic) bond motifs is 6. The van der Waals surface area contributed by atoms with Gasteiger partial charge in [0, 0.05) is 91.7 Å². The molecule has 0 saturated carbocycles. The third-order valence-electron chi connectivity index (χ3n) is 15.2. The van der Waals surface area contributed by atoms with Crippen molar-refractivity contribution in [3.8, 4) is 23.1 Å². The summed E-state index contributed by atoms with van der Waals surface area (Å²) in [6, 6.07) is 4.05. The molecule has 18 heteroatoms. The van der Waals surface area contributed by atoms with Crippen molar-refractivity contribution in [2.24, 2.45) is 21.7 Å². The highest BCUT2D eigenvalue weighted by atomic mass is 32.1. The summed E-state index contributed by atoms with van der Waals surface area (Å²) in [6.45, 7) is 23.3. The van der Waals surface area contributed by atoms with E-state index in [1.54, 1.807) is 23.1 Å². The number of cyclic esters (lactones) is 1.